The Morgan fingerprint density at radius 3 is 2.55 bits per heavy atom. The molecule has 1 aliphatic rings. The minimum Gasteiger partial charge on any atom is -0.545 e. The van der Waals surface area contributed by atoms with Gasteiger partial charge >= 0.3 is 0 Å². The molecular formula is C23H16ClN2O5-. The molecule has 3 aromatic rings. The van der Waals surface area contributed by atoms with Crippen molar-refractivity contribution in [3.63, 3.8) is 0 Å². The second-order valence-corrected chi connectivity index (χ2v) is 7.50. The second-order valence-electron chi connectivity index (χ2n) is 7.09. The lowest BCUT2D eigenvalue weighted by Gasteiger charge is -2.15. The maximum atomic E-state index is 12.8. The van der Waals surface area contributed by atoms with E-state index in [0.717, 1.165) is 11.1 Å². The van der Waals surface area contributed by atoms with Gasteiger partial charge < -0.3 is 14.3 Å². The van der Waals surface area contributed by atoms with E-state index in [-0.39, 0.29) is 21.9 Å². The Kier molecular flexibility index (Phi) is 5.12. The normalized spacial score (nSPS) is 14.9. The van der Waals surface area contributed by atoms with E-state index in [4.69, 9.17) is 16.0 Å². The summed E-state index contributed by atoms with van der Waals surface area (Å²) >= 11 is 5.86. The second kappa shape index (κ2) is 7.77. The topological polar surface area (TPSA) is 103 Å². The SMILES string of the molecule is Cc1ccc(N2NC(=O)/C(=C\c3ccc(-c4ccc(Cl)c(C(=O)[O-])c4)o3)C2=O)cc1C. The van der Waals surface area contributed by atoms with Crippen LogP contribution in [-0.2, 0) is 9.59 Å². The van der Waals surface area contributed by atoms with E-state index in [0.29, 0.717) is 17.0 Å². The summed E-state index contributed by atoms with van der Waals surface area (Å²) in [5, 5.41) is 12.4. The molecule has 4 rings (SSSR count). The Bertz CT molecular complexity index is 1270. The number of nitrogens with zero attached hydrogens (tertiary/aromatic N) is 1. The summed E-state index contributed by atoms with van der Waals surface area (Å²) in [6.07, 6.45) is 1.35. The van der Waals surface area contributed by atoms with E-state index in [1.807, 2.05) is 26.0 Å². The van der Waals surface area contributed by atoms with Crippen LogP contribution in [0, 0.1) is 13.8 Å². The quantitative estimate of drug-likeness (QED) is 0.501. The number of hydrazine groups is 1. The average Bonchev–Trinajstić information content (AvgIpc) is 3.30. The zero-order valence-corrected chi connectivity index (χ0v) is 17.3. The molecule has 1 fully saturated rings. The molecule has 156 valence electrons. The van der Waals surface area contributed by atoms with E-state index in [9.17, 15) is 19.5 Å². The number of aryl methyl sites for hydroxylation is 2. The first kappa shape index (κ1) is 20.4. The standard InChI is InChI=1S/C23H17ClN2O5/c1-12-3-5-15(9-13(12)2)26-22(28)18(21(27)25-26)11-16-6-8-20(31-16)14-4-7-19(24)17(10-14)23(29)30/h3-11H,1-2H3,(H,25,27)(H,29,30)/p-1/b18-11+. The third-order valence-corrected chi connectivity index (χ3v) is 5.35. The summed E-state index contributed by atoms with van der Waals surface area (Å²) in [5.41, 5.74) is 5.40. The highest BCUT2D eigenvalue weighted by atomic mass is 35.5. The molecular weight excluding hydrogens is 420 g/mol. The molecule has 1 aliphatic heterocycles. The lowest BCUT2D eigenvalue weighted by molar-refractivity contribution is -0.255. The van der Waals surface area contributed by atoms with Gasteiger partial charge in [0.1, 0.15) is 17.1 Å². The van der Waals surface area contributed by atoms with Gasteiger partial charge in [0, 0.05) is 16.1 Å². The highest BCUT2D eigenvalue weighted by Crippen LogP contribution is 2.29. The number of amides is 2. The monoisotopic (exact) mass is 435 g/mol. The van der Waals surface area contributed by atoms with Gasteiger partial charge in [0.2, 0.25) is 0 Å². The van der Waals surface area contributed by atoms with Gasteiger partial charge in [0.05, 0.1) is 11.7 Å². The van der Waals surface area contributed by atoms with Crippen molar-refractivity contribution in [2.45, 2.75) is 13.8 Å². The van der Waals surface area contributed by atoms with Crippen molar-refractivity contribution in [2.75, 3.05) is 5.01 Å². The van der Waals surface area contributed by atoms with Crippen LogP contribution in [0.15, 0.2) is 58.5 Å². The predicted molar refractivity (Wildman–Crippen MR) is 113 cm³/mol. The Hall–Kier alpha value is -3.84. The van der Waals surface area contributed by atoms with Gasteiger partial charge in [-0.25, -0.2) is 5.01 Å². The number of nitrogens with one attached hydrogen (secondary N) is 1. The van der Waals surface area contributed by atoms with Gasteiger partial charge in [-0.05, 0) is 73.5 Å². The third kappa shape index (κ3) is 3.83. The number of carbonyl (C=O) groups is 3. The highest BCUT2D eigenvalue weighted by Gasteiger charge is 2.34. The third-order valence-electron chi connectivity index (χ3n) is 5.02. The summed E-state index contributed by atoms with van der Waals surface area (Å²) < 4.78 is 5.70. The summed E-state index contributed by atoms with van der Waals surface area (Å²) in [5.74, 6) is -1.84. The fourth-order valence-corrected chi connectivity index (χ4v) is 3.36. The molecule has 2 heterocycles. The van der Waals surface area contributed by atoms with Gasteiger partial charge in [0.25, 0.3) is 11.8 Å². The van der Waals surface area contributed by atoms with Crippen LogP contribution in [0.25, 0.3) is 17.4 Å². The molecule has 0 saturated carbocycles. The van der Waals surface area contributed by atoms with E-state index in [1.165, 1.54) is 23.2 Å². The molecule has 2 amide bonds. The van der Waals surface area contributed by atoms with Gasteiger partial charge in [-0.2, -0.15) is 0 Å². The maximum absolute atomic E-state index is 12.8. The molecule has 0 spiro atoms. The molecule has 0 unspecified atom stereocenters. The average molecular weight is 436 g/mol. The first-order chi connectivity index (χ1) is 14.7. The van der Waals surface area contributed by atoms with Crippen LogP contribution in [-0.4, -0.2) is 17.8 Å². The first-order valence-electron chi connectivity index (χ1n) is 9.30. The number of rotatable bonds is 4. The van der Waals surface area contributed by atoms with Gasteiger partial charge in [0.15, 0.2) is 0 Å². The minimum absolute atomic E-state index is 0.0531. The smallest absolute Gasteiger partial charge is 0.282 e. The van der Waals surface area contributed by atoms with E-state index in [1.54, 1.807) is 24.3 Å². The number of benzene rings is 2. The molecule has 31 heavy (non-hydrogen) atoms. The number of carboxylic acids is 1. The van der Waals surface area contributed by atoms with E-state index >= 15 is 0 Å². The predicted octanol–water partition coefficient (Wildman–Crippen LogP) is 3.04. The fraction of sp³-hybridized carbons (Fsp3) is 0.0870. The summed E-state index contributed by atoms with van der Waals surface area (Å²) in [6.45, 7) is 3.88. The molecule has 0 bridgehead atoms. The Morgan fingerprint density at radius 1 is 1.06 bits per heavy atom. The molecule has 1 N–H and O–H groups in total. The van der Waals surface area contributed by atoms with Crippen LogP contribution in [0.2, 0.25) is 5.02 Å². The lowest BCUT2D eigenvalue weighted by atomic mass is 10.1. The van der Waals surface area contributed by atoms with Crippen LogP contribution in [0.4, 0.5) is 5.69 Å². The highest BCUT2D eigenvalue weighted by molar-refractivity contribution is 6.33. The van der Waals surface area contributed by atoms with Crippen molar-refractivity contribution < 1.29 is 23.9 Å². The van der Waals surface area contributed by atoms with Gasteiger partial charge in [-0.3, -0.25) is 15.0 Å². The van der Waals surface area contributed by atoms with E-state index < -0.39 is 17.8 Å². The Morgan fingerprint density at radius 2 is 1.84 bits per heavy atom. The Balaban J connectivity index is 1.62. The molecule has 1 saturated heterocycles. The molecule has 8 heteroatoms. The molecule has 1 aromatic heterocycles. The first-order valence-corrected chi connectivity index (χ1v) is 9.68. The fourth-order valence-electron chi connectivity index (χ4n) is 3.17. The van der Waals surface area contributed by atoms with Crippen molar-refractivity contribution in [3.8, 4) is 11.3 Å². The van der Waals surface area contributed by atoms with Gasteiger partial charge in [-0.1, -0.05) is 17.7 Å². The Labute approximate surface area is 182 Å². The maximum Gasteiger partial charge on any atom is 0.282 e. The number of aromatic carboxylic acids is 1. The van der Waals surface area contributed by atoms with Crippen LogP contribution in [0.1, 0.15) is 27.2 Å². The van der Waals surface area contributed by atoms with Crippen LogP contribution < -0.4 is 15.5 Å². The van der Waals surface area contributed by atoms with Crippen molar-refractivity contribution in [1.82, 2.24) is 5.43 Å². The van der Waals surface area contributed by atoms with Crippen LogP contribution in [0.5, 0.6) is 0 Å². The molecule has 0 atom stereocenters. The number of furan rings is 1. The summed E-state index contributed by atoms with van der Waals surface area (Å²) in [6, 6.07) is 13.0. The largest absolute Gasteiger partial charge is 0.545 e. The minimum atomic E-state index is -1.40. The number of carboxylic acid groups (broad SMARTS) is 1. The number of halogens is 1. The van der Waals surface area contributed by atoms with Crippen molar-refractivity contribution in [2.24, 2.45) is 0 Å². The van der Waals surface area contributed by atoms with Crippen molar-refractivity contribution in [1.29, 1.82) is 0 Å². The molecule has 0 aliphatic carbocycles. The number of hydrogen-bond acceptors (Lipinski definition) is 5. The number of hydrogen-bond donors (Lipinski definition) is 1. The van der Waals surface area contributed by atoms with Gasteiger partial charge in [-0.15, -0.1) is 0 Å². The van der Waals surface area contributed by atoms with E-state index in [2.05, 4.69) is 5.43 Å². The summed E-state index contributed by atoms with van der Waals surface area (Å²) in [4.78, 5) is 36.4. The molecule has 2 aromatic carbocycles. The van der Waals surface area contributed by atoms with Crippen molar-refractivity contribution in [3.05, 3.63) is 81.6 Å². The molecule has 0 radical (unpaired) electrons. The van der Waals surface area contributed by atoms with Crippen LogP contribution in [0.3, 0.4) is 0 Å². The van der Waals surface area contributed by atoms with Crippen LogP contribution >= 0.6 is 11.6 Å². The molecule has 7 nitrogen and oxygen atoms in total. The zero-order valence-electron chi connectivity index (χ0n) is 16.6. The lowest BCUT2D eigenvalue weighted by Crippen LogP contribution is -2.35. The number of carbonyl (C=O) groups excluding carboxylic acids is 3. The van der Waals surface area contributed by atoms with Crippen molar-refractivity contribution >= 4 is 41.1 Å². The summed E-state index contributed by atoms with van der Waals surface area (Å²) in [7, 11) is 0. The number of anilines is 1. The zero-order chi connectivity index (χ0) is 22.3.